The quantitative estimate of drug-likeness (QED) is 0.0379. The van der Waals surface area contributed by atoms with E-state index in [1.54, 1.807) is 0 Å². The van der Waals surface area contributed by atoms with Gasteiger partial charge < -0.3 is 37.9 Å². The lowest BCUT2D eigenvalue weighted by molar-refractivity contribution is -0.145. The summed E-state index contributed by atoms with van der Waals surface area (Å²) in [5.41, 5.74) is 0. The molecular formula is C27H39F5O10. The third-order valence-corrected chi connectivity index (χ3v) is 5.17. The molecule has 0 saturated carbocycles. The number of carbonyl (C=O) groups excluding carboxylic acids is 2. The minimum Gasteiger partial charge on any atom is -0.463 e. The van der Waals surface area contributed by atoms with Crippen LogP contribution in [0, 0.1) is 29.1 Å². The fourth-order valence-corrected chi connectivity index (χ4v) is 3.00. The largest absolute Gasteiger partial charge is 0.463 e. The minimum absolute atomic E-state index is 0.0799. The van der Waals surface area contributed by atoms with Crippen molar-refractivity contribution in [2.75, 3.05) is 85.9 Å². The molecule has 0 atom stereocenters. The molecule has 0 fully saturated rings. The van der Waals surface area contributed by atoms with Crippen molar-refractivity contribution >= 4 is 11.9 Å². The molecule has 0 heterocycles. The molecule has 0 unspecified atom stereocenters. The van der Waals surface area contributed by atoms with Gasteiger partial charge in [0, 0.05) is 6.42 Å². The van der Waals surface area contributed by atoms with Gasteiger partial charge in [-0.3, -0.25) is 9.59 Å². The molecule has 0 aromatic heterocycles. The van der Waals surface area contributed by atoms with E-state index in [-0.39, 0.29) is 39.0 Å². The maximum absolute atomic E-state index is 13.5. The van der Waals surface area contributed by atoms with E-state index in [1.807, 2.05) is 0 Å². The molecule has 15 heteroatoms. The zero-order chi connectivity index (χ0) is 31.0. The van der Waals surface area contributed by atoms with Gasteiger partial charge in [-0.15, -0.1) is 0 Å². The van der Waals surface area contributed by atoms with Crippen molar-refractivity contribution in [2.24, 2.45) is 0 Å². The SMILES string of the molecule is CCCCCC(=O)OCCOCCOCCOCCOCCOCCOCCC(=O)Oc1c(F)c(F)c(F)c(F)c1F. The maximum Gasteiger partial charge on any atom is 0.313 e. The molecular weight excluding hydrogens is 579 g/mol. The van der Waals surface area contributed by atoms with Crippen molar-refractivity contribution in [3.63, 3.8) is 0 Å². The van der Waals surface area contributed by atoms with E-state index in [9.17, 15) is 31.5 Å². The first-order chi connectivity index (χ1) is 20.3. The van der Waals surface area contributed by atoms with E-state index in [0.29, 0.717) is 59.3 Å². The van der Waals surface area contributed by atoms with E-state index in [2.05, 4.69) is 11.7 Å². The molecule has 0 N–H and O–H groups in total. The van der Waals surface area contributed by atoms with Crippen LogP contribution in [0.25, 0.3) is 0 Å². The van der Waals surface area contributed by atoms with E-state index in [1.165, 1.54) is 0 Å². The Morgan fingerprint density at radius 2 is 0.857 bits per heavy atom. The van der Waals surface area contributed by atoms with Crippen LogP contribution >= 0.6 is 0 Å². The summed E-state index contributed by atoms with van der Waals surface area (Å²) in [7, 11) is 0. The lowest BCUT2D eigenvalue weighted by Crippen LogP contribution is -2.16. The standard InChI is InChI=1S/C27H39F5O10/c1-2-3-4-5-20(33)41-19-18-40-17-16-39-15-14-38-13-12-37-11-10-36-9-8-35-7-6-21(34)42-27-25(31)23(29)22(28)24(30)26(27)32/h2-19H2,1H3. The van der Waals surface area contributed by atoms with Crippen LogP contribution in [0.15, 0.2) is 0 Å². The van der Waals surface area contributed by atoms with Crippen molar-refractivity contribution in [1.82, 2.24) is 0 Å². The number of hydrogen-bond acceptors (Lipinski definition) is 10. The highest BCUT2D eigenvalue weighted by Crippen LogP contribution is 2.29. The van der Waals surface area contributed by atoms with Gasteiger partial charge in [0.1, 0.15) is 6.61 Å². The third-order valence-electron chi connectivity index (χ3n) is 5.17. The first kappa shape index (κ1) is 37.6. The number of unbranched alkanes of at least 4 members (excludes halogenated alkanes) is 2. The molecule has 0 aliphatic carbocycles. The van der Waals surface area contributed by atoms with Crippen molar-refractivity contribution in [1.29, 1.82) is 0 Å². The molecule has 0 aliphatic rings. The van der Waals surface area contributed by atoms with Crippen LogP contribution in [0.1, 0.15) is 39.0 Å². The smallest absolute Gasteiger partial charge is 0.313 e. The van der Waals surface area contributed by atoms with Gasteiger partial charge in [0.05, 0.1) is 85.7 Å². The van der Waals surface area contributed by atoms with Crippen LogP contribution in [0.5, 0.6) is 5.75 Å². The summed E-state index contributed by atoms with van der Waals surface area (Å²) in [4.78, 5) is 23.0. The van der Waals surface area contributed by atoms with Crippen molar-refractivity contribution in [3.8, 4) is 5.75 Å². The third kappa shape index (κ3) is 16.9. The van der Waals surface area contributed by atoms with Crippen molar-refractivity contribution in [2.45, 2.75) is 39.0 Å². The van der Waals surface area contributed by atoms with Gasteiger partial charge in [0.15, 0.2) is 0 Å². The number of carbonyl (C=O) groups is 2. The first-order valence-corrected chi connectivity index (χ1v) is 13.6. The van der Waals surface area contributed by atoms with E-state index in [0.717, 1.165) is 19.3 Å². The summed E-state index contributed by atoms with van der Waals surface area (Å²) in [6.07, 6.45) is 2.86. The summed E-state index contributed by atoms with van der Waals surface area (Å²) >= 11 is 0. The average Bonchev–Trinajstić information content (AvgIpc) is 2.98. The number of ether oxygens (including phenoxy) is 8. The summed E-state index contributed by atoms with van der Waals surface area (Å²) in [5.74, 6) is -14.3. The molecule has 0 amide bonds. The highest BCUT2D eigenvalue weighted by Gasteiger charge is 2.28. The second-order valence-corrected chi connectivity index (χ2v) is 8.47. The van der Waals surface area contributed by atoms with Crippen LogP contribution in [0.4, 0.5) is 22.0 Å². The molecule has 242 valence electrons. The van der Waals surface area contributed by atoms with E-state index >= 15 is 0 Å². The monoisotopic (exact) mass is 618 g/mol. The zero-order valence-electron chi connectivity index (χ0n) is 23.7. The Labute approximate surface area is 241 Å². The van der Waals surface area contributed by atoms with Crippen LogP contribution in [0.2, 0.25) is 0 Å². The molecule has 0 radical (unpaired) electrons. The molecule has 0 spiro atoms. The Kier molecular flexibility index (Phi) is 21.5. The molecule has 0 bridgehead atoms. The molecule has 1 aromatic carbocycles. The second kappa shape index (κ2) is 24.1. The van der Waals surface area contributed by atoms with E-state index < -0.39 is 47.2 Å². The Morgan fingerprint density at radius 3 is 1.29 bits per heavy atom. The van der Waals surface area contributed by atoms with Gasteiger partial charge in [-0.05, 0) is 6.42 Å². The van der Waals surface area contributed by atoms with E-state index in [4.69, 9.17) is 33.2 Å². The Morgan fingerprint density at radius 1 is 0.476 bits per heavy atom. The van der Waals surface area contributed by atoms with Crippen molar-refractivity contribution < 1.29 is 69.4 Å². The van der Waals surface area contributed by atoms with Gasteiger partial charge in [-0.1, -0.05) is 19.8 Å². The average molecular weight is 619 g/mol. The molecule has 10 nitrogen and oxygen atoms in total. The van der Waals surface area contributed by atoms with Gasteiger partial charge >= 0.3 is 11.9 Å². The van der Waals surface area contributed by atoms with Gasteiger partial charge in [0.25, 0.3) is 0 Å². The Balaban J connectivity index is 1.84. The summed E-state index contributed by atoms with van der Waals surface area (Å²) in [6.45, 7) is 5.52. The number of hydrogen-bond donors (Lipinski definition) is 0. The van der Waals surface area contributed by atoms with Crippen LogP contribution < -0.4 is 4.74 Å². The fourth-order valence-electron chi connectivity index (χ4n) is 3.00. The molecule has 42 heavy (non-hydrogen) atoms. The normalized spacial score (nSPS) is 11.2. The summed E-state index contributed by atoms with van der Waals surface area (Å²) in [6, 6.07) is 0. The fraction of sp³-hybridized carbons (Fsp3) is 0.704. The highest BCUT2D eigenvalue weighted by molar-refractivity contribution is 5.72. The topological polar surface area (TPSA) is 108 Å². The molecule has 0 aliphatic heterocycles. The Bertz CT molecular complexity index is 878. The molecule has 1 aromatic rings. The minimum atomic E-state index is -2.35. The number of rotatable bonds is 26. The molecule has 0 saturated heterocycles. The summed E-state index contributed by atoms with van der Waals surface area (Å²) in [5, 5.41) is 0. The zero-order valence-corrected chi connectivity index (χ0v) is 23.7. The first-order valence-electron chi connectivity index (χ1n) is 13.6. The van der Waals surface area contributed by atoms with Crippen LogP contribution in [-0.2, 0) is 42.7 Å². The lowest BCUT2D eigenvalue weighted by atomic mass is 10.2. The van der Waals surface area contributed by atoms with Crippen LogP contribution in [0.3, 0.4) is 0 Å². The number of halogens is 5. The predicted octanol–water partition coefficient (Wildman–Crippen LogP) is 3.90. The second-order valence-electron chi connectivity index (χ2n) is 8.47. The van der Waals surface area contributed by atoms with Gasteiger partial charge in [-0.2, -0.15) is 8.78 Å². The summed E-state index contributed by atoms with van der Waals surface area (Å²) < 4.78 is 107. The highest BCUT2D eigenvalue weighted by atomic mass is 19.2. The number of esters is 2. The Hall–Kier alpha value is -2.43. The van der Waals surface area contributed by atoms with Crippen molar-refractivity contribution in [3.05, 3.63) is 29.1 Å². The van der Waals surface area contributed by atoms with Gasteiger partial charge in [0.2, 0.25) is 34.8 Å². The van der Waals surface area contributed by atoms with Crippen LogP contribution in [-0.4, -0.2) is 97.8 Å². The van der Waals surface area contributed by atoms with Gasteiger partial charge in [-0.25, -0.2) is 13.2 Å². The lowest BCUT2D eigenvalue weighted by Gasteiger charge is -2.09. The maximum atomic E-state index is 13.5. The number of benzene rings is 1. The molecule has 1 rings (SSSR count). The predicted molar refractivity (Wildman–Crippen MR) is 136 cm³/mol.